The predicted octanol–water partition coefficient (Wildman–Crippen LogP) is 2.20. The van der Waals surface area contributed by atoms with E-state index in [1.807, 2.05) is 4.90 Å². The summed E-state index contributed by atoms with van der Waals surface area (Å²) in [5, 5.41) is 0. The largest absolute Gasteiger partial charge is 0.372 e. The molecule has 2 fully saturated rings. The molecule has 0 bridgehead atoms. The number of ether oxygens (including phenoxy) is 1. The first-order valence-electron chi connectivity index (χ1n) is 6.61. The van der Waals surface area contributed by atoms with Crippen LogP contribution in [0.3, 0.4) is 0 Å². The SMILES string of the molecule is C[C@@H]1CN(C(=O)C2CCCCC2)C[C@@H](C)O1. The monoisotopic (exact) mass is 225 g/mol. The highest BCUT2D eigenvalue weighted by Gasteiger charge is 2.30. The second kappa shape index (κ2) is 5.17. The van der Waals surface area contributed by atoms with Crippen molar-refractivity contribution in [3.05, 3.63) is 0 Å². The number of carbonyl (C=O) groups is 1. The molecule has 2 atom stereocenters. The van der Waals surface area contributed by atoms with Gasteiger partial charge in [-0.3, -0.25) is 4.79 Å². The van der Waals surface area contributed by atoms with Crippen molar-refractivity contribution >= 4 is 5.91 Å². The Labute approximate surface area is 98.1 Å². The molecular formula is C13H23NO2. The summed E-state index contributed by atoms with van der Waals surface area (Å²) in [6.45, 7) is 5.66. The van der Waals surface area contributed by atoms with E-state index in [1.54, 1.807) is 0 Å². The first-order chi connectivity index (χ1) is 7.66. The topological polar surface area (TPSA) is 29.5 Å². The number of hydrogen-bond donors (Lipinski definition) is 0. The number of amides is 1. The van der Waals surface area contributed by atoms with E-state index in [2.05, 4.69) is 13.8 Å². The van der Waals surface area contributed by atoms with E-state index in [0.29, 0.717) is 11.8 Å². The van der Waals surface area contributed by atoms with Crippen LogP contribution in [0.4, 0.5) is 0 Å². The first-order valence-corrected chi connectivity index (χ1v) is 6.61. The Balaban J connectivity index is 1.92. The fraction of sp³-hybridized carbons (Fsp3) is 0.923. The Morgan fingerprint density at radius 1 is 1.06 bits per heavy atom. The normalized spacial score (nSPS) is 32.8. The fourth-order valence-electron chi connectivity index (χ4n) is 2.97. The molecule has 0 unspecified atom stereocenters. The van der Waals surface area contributed by atoms with Crippen molar-refractivity contribution in [2.24, 2.45) is 5.92 Å². The van der Waals surface area contributed by atoms with E-state index < -0.39 is 0 Å². The molecule has 1 saturated carbocycles. The molecule has 1 saturated heterocycles. The second-order valence-corrected chi connectivity index (χ2v) is 5.34. The van der Waals surface area contributed by atoms with Gasteiger partial charge >= 0.3 is 0 Å². The number of nitrogens with zero attached hydrogens (tertiary/aromatic N) is 1. The van der Waals surface area contributed by atoms with Gasteiger partial charge in [0.25, 0.3) is 0 Å². The van der Waals surface area contributed by atoms with Crippen LogP contribution >= 0.6 is 0 Å². The zero-order valence-corrected chi connectivity index (χ0v) is 10.4. The average Bonchev–Trinajstić information content (AvgIpc) is 2.28. The highest BCUT2D eigenvalue weighted by molar-refractivity contribution is 5.79. The summed E-state index contributed by atoms with van der Waals surface area (Å²) in [4.78, 5) is 14.3. The summed E-state index contributed by atoms with van der Waals surface area (Å²) in [5.74, 6) is 0.674. The van der Waals surface area contributed by atoms with Gasteiger partial charge in [-0.05, 0) is 26.7 Å². The van der Waals surface area contributed by atoms with Gasteiger partial charge in [-0.2, -0.15) is 0 Å². The van der Waals surface area contributed by atoms with Crippen LogP contribution in [-0.2, 0) is 9.53 Å². The molecular weight excluding hydrogens is 202 g/mol. The molecule has 2 aliphatic rings. The zero-order valence-electron chi connectivity index (χ0n) is 10.4. The number of morpholine rings is 1. The third-order valence-electron chi connectivity index (χ3n) is 3.69. The minimum absolute atomic E-state index is 0.191. The summed E-state index contributed by atoms with van der Waals surface area (Å²) in [6.07, 6.45) is 6.34. The summed E-state index contributed by atoms with van der Waals surface area (Å²) in [5.41, 5.74) is 0. The lowest BCUT2D eigenvalue weighted by atomic mass is 9.88. The van der Waals surface area contributed by atoms with Crippen molar-refractivity contribution in [2.75, 3.05) is 13.1 Å². The highest BCUT2D eigenvalue weighted by atomic mass is 16.5. The number of rotatable bonds is 1. The van der Waals surface area contributed by atoms with Crippen LogP contribution in [0.2, 0.25) is 0 Å². The Morgan fingerprint density at radius 2 is 1.62 bits per heavy atom. The maximum absolute atomic E-state index is 12.3. The standard InChI is InChI=1S/C13H23NO2/c1-10-8-14(9-11(2)16-10)13(15)12-6-4-3-5-7-12/h10-12H,3-9H2,1-2H3/t10-,11-/m1/s1. The second-order valence-electron chi connectivity index (χ2n) is 5.34. The maximum atomic E-state index is 12.3. The molecule has 0 aromatic rings. The van der Waals surface area contributed by atoms with Gasteiger partial charge in [0.05, 0.1) is 12.2 Å². The van der Waals surface area contributed by atoms with Gasteiger partial charge in [0, 0.05) is 19.0 Å². The van der Waals surface area contributed by atoms with E-state index >= 15 is 0 Å². The van der Waals surface area contributed by atoms with Gasteiger partial charge < -0.3 is 9.64 Å². The summed E-state index contributed by atoms with van der Waals surface area (Å²) in [6, 6.07) is 0. The molecule has 1 aliphatic heterocycles. The van der Waals surface area contributed by atoms with Gasteiger partial charge in [-0.25, -0.2) is 0 Å². The van der Waals surface area contributed by atoms with Crippen LogP contribution in [0.15, 0.2) is 0 Å². The van der Waals surface area contributed by atoms with E-state index in [4.69, 9.17) is 4.74 Å². The van der Waals surface area contributed by atoms with Crippen molar-refractivity contribution in [3.63, 3.8) is 0 Å². The Morgan fingerprint density at radius 3 is 2.19 bits per heavy atom. The van der Waals surface area contributed by atoms with E-state index in [0.717, 1.165) is 25.9 Å². The Hall–Kier alpha value is -0.570. The molecule has 1 amide bonds. The Bertz CT molecular complexity index is 238. The Kier molecular flexibility index (Phi) is 3.85. The molecule has 2 rings (SSSR count). The molecule has 16 heavy (non-hydrogen) atoms. The average molecular weight is 225 g/mol. The highest BCUT2D eigenvalue weighted by Crippen LogP contribution is 2.26. The van der Waals surface area contributed by atoms with Crippen LogP contribution in [0.1, 0.15) is 46.0 Å². The fourth-order valence-corrected chi connectivity index (χ4v) is 2.97. The molecule has 0 N–H and O–H groups in total. The summed E-state index contributed by atoms with van der Waals surface area (Å²) in [7, 11) is 0. The van der Waals surface area contributed by atoms with Crippen LogP contribution < -0.4 is 0 Å². The molecule has 1 aliphatic carbocycles. The lowest BCUT2D eigenvalue weighted by Gasteiger charge is -2.37. The predicted molar refractivity (Wildman–Crippen MR) is 63.2 cm³/mol. The molecule has 3 heteroatoms. The molecule has 92 valence electrons. The van der Waals surface area contributed by atoms with E-state index in [-0.39, 0.29) is 12.2 Å². The smallest absolute Gasteiger partial charge is 0.225 e. The first kappa shape index (κ1) is 11.9. The van der Waals surface area contributed by atoms with Gasteiger partial charge in [0.15, 0.2) is 0 Å². The minimum atomic E-state index is 0.191. The summed E-state index contributed by atoms with van der Waals surface area (Å²) >= 11 is 0. The van der Waals surface area contributed by atoms with Gasteiger partial charge in [-0.1, -0.05) is 19.3 Å². The third-order valence-corrected chi connectivity index (χ3v) is 3.69. The third kappa shape index (κ3) is 2.76. The van der Waals surface area contributed by atoms with Crippen molar-refractivity contribution in [3.8, 4) is 0 Å². The van der Waals surface area contributed by atoms with Crippen molar-refractivity contribution < 1.29 is 9.53 Å². The van der Waals surface area contributed by atoms with E-state index in [1.165, 1.54) is 19.3 Å². The molecule has 1 heterocycles. The zero-order chi connectivity index (χ0) is 11.5. The van der Waals surface area contributed by atoms with Gasteiger partial charge in [0.2, 0.25) is 5.91 Å². The van der Waals surface area contributed by atoms with E-state index in [9.17, 15) is 4.79 Å². The number of hydrogen-bond acceptors (Lipinski definition) is 2. The molecule has 0 spiro atoms. The number of carbonyl (C=O) groups excluding carboxylic acids is 1. The van der Waals surface area contributed by atoms with Crippen LogP contribution in [0.25, 0.3) is 0 Å². The molecule has 0 aromatic heterocycles. The lowest BCUT2D eigenvalue weighted by molar-refractivity contribution is -0.148. The summed E-state index contributed by atoms with van der Waals surface area (Å²) < 4.78 is 5.66. The van der Waals surface area contributed by atoms with Crippen molar-refractivity contribution in [1.29, 1.82) is 0 Å². The minimum Gasteiger partial charge on any atom is -0.372 e. The van der Waals surface area contributed by atoms with Crippen LogP contribution in [0, 0.1) is 5.92 Å². The quantitative estimate of drug-likeness (QED) is 0.684. The van der Waals surface area contributed by atoms with Crippen molar-refractivity contribution in [1.82, 2.24) is 4.90 Å². The van der Waals surface area contributed by atoms with Crippen LogP contribution in [-0.4, -0.2) is 36.1 Å². The lowest BCUT2D eigenvalue weighted by Crippen LogP contribution is -2.50. The maximum Gasteiger partial charge on any atom is 0.225 e. The van der Waals surface area contributed by atoms with Crippen LogP contribution in [0.5, 0.6) is 0 Å². The van der Waals surface area contributed by atoms with Crippen molar-refractivity contribution in [2.45, 2.75) is 58.2 Å². The van der Waals surface area contributed by atoms with Gasteiger partial charge in [-0.15, -0.1) is 0 Å². The molecule has 0 aromatic carbocycles. The van der Waals surface area contributed by atoms with Gasteiger partial charge in [0.1, 0.15) is 0 Å². The molecule has 0 radical (unpaired) electrons. The molecule has 3 nitrogen and oxygen atoms in total.